The maximum atomic E-state index is 11.7. The van der Waals surface area contributed by atoms with Crippen LogP contribution in [0.4, 0.5) is 0 Å². The minimum Gasteiger partial charge on any atom is -0.490 e. The predicted molar refractivity (Wildman–Crippen MR) is 87.4 cm³/mol. The van der Waals surface area contributed by atoms with Crippen molar-refractivity contribution in [3.05, 3.63) is 32.3 Å². The van der Waals surface area contributed by atoms with Gasteiger partial charge in [0.05, 0.1) is 17.7 Å². The molecule has 1 aromatic carbocycles. The number of piperidine rings is 1. The lowest BCUT2D eigenvalue weighted by Gasteiger charge is -2.27. The molecule has 1 heterocycles. The number of hydrogen-bond acceptors (Lipinski definition) is 5. The zero-order valence-electron chi connectivity index (χ0n) is 13.0. The number of amides is 1. The highest BCUT2D eigenvalue weighted by Crippen LogP contribution is 2.40. The average Bonchev–Trinajstić information content (AvgIpc) is 2.50. The number of carbonyl (C=O) groups is 1. The Hall–Kier alpha value is -1.83. The van der Waals surface area contributed by atoms with Crippen molar-refractivity contribution in [2.24, 2.45) is 0 Å². The summed E-state index contributed by atoms with van der Waals surface area (Å²) in [5.74, 6) is 0.870. The van der Waals surface area contributed by atoms with E-state index in [1.165, 1.54) is 0 Å². The smallest absolute Gasteiger partial charge is 0.237 e. The Morgan fingerprint density at radius 2 is 2.04 bits per heavy atom. The fraction of sp³-hybridized carbons (Fsp3) is 0.533. The maximum absolute atomic E-state index is 11.7. The Morgan fingerprint density at radius 1 is 1.35 bits per heavy atom. The molecule has 7 nitrogen and oxygen atoms in total. The molecule has 8 heteroatoms. The molecule has 1 aliphatic heterocycles. The van der Waals surface area contributed by atoms with Gasteiger partial charge in [0.15, 0.2) is 11.5 Å². The standard InChI is InChI=1S/C15H19BrN2O5/c1-3-22-12-8-9(7-10(16)15(12)23-4-2)14-11(18(20)21)5-6-13(19)17-14/h7-8,11,14H,3-6H2,1-2H3,(H,17,19)/t11-,14+/m0/s1. The molecule has 1 fully saturated rings. The number of benzene rings is 1. The van der Waals surface area contributed by atoms with E-state index in [0.29, 0.717) is 34.7 Å². The van der Waals surface area contributed by atoms with Crippen LogP contribution >= 0.6 is 15.9 Å². The molecule has 2 rings (SSSR count). The van der Waals surface area contributed by atoms with Gasteiger partial charge < -0.3 is 14.8 Å². The van der Waals surface area contributed by atoms with Crippen molar-refractivity contribution in [2.75, 3.05) is 13.2 Å². The lowest BCUT2D eigenvalue weighted by Crippen LogP contribution is -2.45. The highest BCUT2D eigenvalue weighted by molar-refractivity contribution is 9.10. The summed E-state index contributed by atoms with van der Waals surface area (Å²) in [5.41, 5.74) is 0.624. The monoisotopic (exact) mass is 386 g/mol. The molecule has 1 aromatic rings. The van der Waals surface area contributed by atoms with Crippen LogP contribution in [0.3, 0.4) is 0 Å². The number of halogens is 1. The largest absolute Gasteiger partial charge is 0.490 e. The second-order valence-electron chi connectivity index (χ2n) is 5.13. The fourth-order valence-corrected chi connectivity index (χ4v) is 3.21. The summed E-state index contributed by atoms with van der Waals surface area (Å²) in [6.45, 7) is 4.61. The summed E-state index contributed by atoms with van der Waals surface area (Å²) < 4.78 is 11.8. The third-order valence-electron chi connectivity index (χ3n) is 3.62. The molecule has 1 aliphatic rings. The Morgan fingerprint density at radius 3 is 2.65 bits per heavy atom. The Kier molecular flexibility index (Phi) is 5.81. The number of hydrogen-bond donors (Lipinski definition) is 1. The summed E-state index contributed by atoms with van der Waals surface area (Å²) in [7, 11) is 0. The molecule has 0 radical (unpaired) electrons. The van der Waals surface area contributed by atoms with E-state index < -0.39 is 12.1 Å². The molecule has 1 N–H and O–H groups in total. The number of nitro groups is 1. The first-order valence-electron chi connectivity index (χ1n) is 7.49. The van der Waals surface area contributed by atoms with Gasteiger partial charge in [-0.25, -0.2) is 0 Å². The van der Waals surface area contributed by atoms with Crippen LogP contribution in [-0.2, 0) is 4.79 Å². The van der Waals surface area contributed by atoms with Crippen LogP contribution in [0.25, 0.3) is 0 Å². The van der Waals surface area contributed by atoms with Crippen molar-refractivity contribution in [1.82, 2.24) is 5.32 Å². The van der Waals surface area contributed by atoms with Gasteiger partial charge in [-0.1, -0.05) is 0 Å². The van der Waals surface area contributed by atoms with Crippen LogP contribution in [0.5, 0.6) is 11.5 Å². The van der Waals surface area contributed by atoms with E-state index in [4.69, 9.17) is 9.47 Å². The van der Waals surface area contributed by atoms with Crippen LogP contribution in [0.2, 0.25) is 0 Å². The quantitative estimate of drug-likeness (QED) is 0.599. The van der Waals surface area contributed by atoms with Crippen molar-refractivity contribution < 1.29 is 19.2 Å². The molecule has 0 saturated carbocycles. The molecule has 0 spiro atoms. The third-order valence-corrected chi connectivity index (χ3v) is 4.21. The lowest BCUT2D eigenvalue weighted by atomic mass is 9.92. The molecule has 2 atom stereocenters. The Balaban J connectivity index is 2.44. The van der Waals surface area contributed by atoms with Crippen molar-refractivity contribution in [1.29, 1.82) is 0 Å². The second-order valence-corrected chi connectivity index (χ2v) is 5.99. The Labute approximate surface area is 142 Å². The van der Waals surface area contributed by atoms with E-state index in [9.17, 15) is 14.9 Å². The maximum Gasteiger partial charge on any atom is 0.237 e. The first kappa shape index (κ1) is 17.5. The fourth-order valence-electron chi connectivity index (χ4n) is 2.63. The molecule has 0 unspecified atom stereocenters. The molecular formula is C15H19BrN2O5. The average molecular weight is 387 g/mol. The van der Waals surface area contributed by atoms with Gasteiger partial charge in [-0.15, -0.1) is 0 Å². The second kappa shape index (κ2) is 7.63. The van der Waals surface area contributed by atoms with Crippen molar-refractivity contribution in [3.63, 3.8) is 0 Å². The first-order valence-corrected chi connectivity index (χ1v) is 8.29. The molecular weight excluding hydrogens is 368 g/mol. The molecule has 1 saturated heterocycles. The van der Waals surface area contributed by atoms with Crippen molar-refractivity contribution >= 4 is 21.8 Å². The van der Waals surface area contributed by atoms with Gasteiger partial charge in [0.1, 0.15) is 6.04 Å². The van der Waals surface area contributed by atoms with Gasteiger partial charge in [0.25, 0.3) is 0 Å². The third kappa shape index (κ3) is 3.93. The van der Waals surface area contributed by atoms with Gasteiger partial charge in [-0.2, -0.15) is 0 Å². The van der Waals surface area contributed by atoms with E-state index >= 15 is 0 Å². The van der Waals surface area contributed by atoms with Gasteiger partial charge >= 0.3 is 0 Å². The van der Waals surface area contributed by atoms with E-state index in [1.54, 1.807) is 12.1 Å². The summed E-state index contributed by atoms with van der Waals surface area (Å²) in [6, 6.07) is 1.90. The number of ether oxygens (including phenoxy) is 2. The lowest BCUT2D eigenvalue weighted by molar-refractivity contribution is -0.529. The number of carbonyl (C=O) groups excluding carboxylic acids is 1. The number of nitrogens with zero attached hydrogens (tertiary/aromatic N) is 1. The van der Waals surface area contributed by atoms with E-state index in [1.807, 2.05) is 13.8 Å². The van der Waals surface area contributed by atoms with Crippen molar-refractivity contribution in [3.8, 4) is 11.5 Å². The van der Waals surface area contributed by atoms with E-state index in [-0.39, 0.29) is 23.7 Å². The normalized spacial score (nSPS) is 20.7. The molecule has 0 aliphatic carbocycles. The molecule has 0 aromatic heterocycles. The first-order chi connectivity index (χ1) is 11.0. The van der Waals surface area contributed by atoms with Crippen LogP contribution < -0.4 is 14.8 Å². The minimum atomic E-state index is -0.855. The topological polar surface area (TPSA) is 90.7 Å². The molecule has 0 bridgehead atoms. The summed E-state index contributed by atoms with van der Waals surface area (Å²) in [6.07, 6.45) is 0.386. The van der Waals surface area contributed by atoms with Crippen LogP contribution in [0.1, 0.15) is 38.3 Å². The van der Waals surface area contributed by atoms with Crippen LogP contribution in [0.15, 0.2) is 16.6 Å². The zero-order chi connectivity index (χ0) is 17.0. The molecule has 1 amide bonds. The number of nitrogens with one attached hydrogen (secondary N) is 1. The van der Waals surface area contributed by atoms with Crippen LogP contribution in [-0.4, -0.2) is 30.1 Å². The summed E-state index contributed by atoms with van der Waals surface area (Å²) in [4.78, 5) is 22.6. The minimum absolute atomic E-state index is 0.165. The summed E-state index contributed by atoms with van der Waals surface area (Å²) in [5, 5.41) is 14.0. The molecule has 23 heavy (non-hydrogen) atoms. The van der Waals surface area contributed by atoms with Gasteiger partial charge in [-0.3, -0.25) is 14.9 Å². The predicted octanol–water partition coefficient (Wildman–Crippen LogP) is 2.84. The van der Waals surface area contributed by atoms with Gasteiger partial charge in [-0.05, 0) is 47.5 Å². The van der Waals surface area contributed by atoms with Crippen LogP contribution in [0, 0.1) is 10.1 Å². The number of rotatable bonds is 6. The van der Waals surface area contributed by atoms with Crippen molar-refractivity contribution in [2.45, 2.75) is 38.8 Å². The van der Waals surface area contributed by atoms with Gasteiger partial charge in [0, 0.05) is 17.8 Å². The highest BCUT2D eigenvalue weighted by atomic mass is 79.9. The zero-order valence-corrected chi connectivity index (χ0v) is 14.6. The molecule has 126 valence electrons. The van der Waals surface area contributed by atoms with E-state index in [2.05, 4.69) is 21.2 Å². The van der Waals surface area contributed by atoms with Gasteiger partial charge in [0.2, 0.25) is 11.9 Å². The Bertz CT molecular complexity index is 608. The van der Waals surface area contributed by atoms with E-state index in [0.717, 1.165) is 0 Å². The summed E-state index contributed by atoms with van der Waals surface area (Å²) >= 11 is 3.42. The highest BCUT2D eigenvalue weighted by Gasteiger charge is 2.38. The SMILES string of the molecule is CCOc1cc([C@H]2NC(=O)CC[C@@H]2[N+](=O)[O-])cc(Br)c1OCC.